The largest absolute Gasteiger partial charge is 0.628 e. The highest BCUT2D eigenvalue weighted by Crippen LogP contribution is 2.50. The Morgan fingerprint density at radius 2 is 1.16 bits per heavy atom. The summed E-state index contributed by atoms with van der Waals surface area (Å²) in [6.45, 7) is 0. The van der Waals surface area contributed by atoms with Gasteiger partial charge in [-0.25, -0.2) is 13.3 Å². The topological polar surface area (TPSA) is 35.5 Å². The molecule has 7 heteroatoms. The third-order valence-electron chi connectivity index (χ3n) is 2.09. The molecular formula is C12H8F3O3P. The first kappa shape index (κ1) is 13.5. The molecule has 0 aliphatic carbocycles. The van der Waals surface area contributed by atoms with Crippen molar-refractivity contribution in [2.45, 2.75) is 0 Å². The average molecular weight is 288 g/mol. The average Bonchev–Trinajstić information content (AvgIpc) is 2.35. The fourth-order valence-electron chi connectivity index (χ4n) is 1.29. The quantitative estimate of drug-likeness (QED) is 0.777. The maximum Gasteiger partial charge on any atom is 0.628 e. The predicted octanol–water partition coefficient (Wildman–Crippen LogP) is 4.50. The van der Waals surface area contributed by atoms with E-state index in [1.807, 2.05) is 0 Å². The fraction of sp³-hybridized carbons (Fsp3) is 0. The van der Waals surface area contributed by atoms with Crippen LogP contribution in [-0.2, 0) is 4.57 Å². The van der Waals surface area contributed by atoms with E-state index in [2.05, 4.69) is 9.05 Å². The molecule has 3 nitrogen and oxygen atoms in total. The molecule has 0 saturated heterocycles. The first-order valence-corrected chi connectivity index (χ1v) is 6.59. The Hall–Kier alpha value is -1.94. The van der Waals surface area contributed by atoms with Gasteiger partial charge in [-0.1, -0.05) is 24.3 Å². The van der Waals surface area contributed by atoms with Crippen LogP contribution in [-0.4, -0.2) is 0 Å². The molecule has 0 unspecified atom stereocenters. The van der Waals surface area contributed by atoms with Crippen LogP contribution < -0.4 is 9.05 Å². The van der Waals surface area contributed by atoms with E-state index in [0.717, 1.165) is 24.3 Å². The molecule has 2 rings (SSSR count). The minimum absolute atomic E-state index is 0.579. The van der Waals surface area contributed by atoms with Crippen LogP contribution >= 0.6 is 7.91 Å². The lowest BCUT2D eigenvalue weighted by molar-refractivity contribution is 0.323. The molecule has 0 aromatic heterocycles. The number of hydrogen-bond acceptors (Lipinski definition) is 3. The van der Waals surface area contributed by atoms with Gasteiger partial charge < -0.3 is 9.05 Å². The molecule has 0 radical (unpaired) electrons. The molecule has 0 heterocycles. The van der Waals surface area contributed by atoms with Gasteiger partial charge in [-0.15, -0.1) is 4.20 Å². The van der Waals surface area contributed by atoms with E-state index in [1.165, 1.54) is 24.3 Å². The van der Waals surface area contributed by atoms with Gasteiger partial charge in [0.2, 0.25) is 0 Å². The van der Waals surface area contributed by atoms with Crippen molar-refractivity contribution in [1.82, 2.24) is 0 Å². The van der Waals surface area contributed by atoms with Gasteiger partial charge in [0.15, 0.2) is 23.1 Å². The molecule has 0 aliphatic rings. The number of benzene rings is 2. The summed E-state index contributed by atoms with van der Waals surface area (Å²) in [6, 6.07) is 9.57. The van der Waals surface area contributed by atoms with E-state index in [0.29, 0.717) is 0 Å². The molecule has 0 bridgehead atoms. The predicted molar refractivity (Wildman–Crippen MR) is 62.8 cm³/mol. The van der Waals surface area contributed by atoms with Gasteiger partial charge in [0.25, 0.3) is 0 Å². The molecule has 0 saturated carbocycles. The van der Waals surface area contributed by atoms with Gasteiger partial charge in [-0.05, 0) is 24.3 Å². The summed E-state index contributed by atoms with van der Waals surface area (Å²) in [7, 11) is -5.17. The molecule has 2 aromatic carbocycles. The maximum atomic E-state index is 13.6. The van der Waals surface area contributed by atoms with Crippen molar-refractivity contribution < 1.29 is 26.6 Å². The van der Waals surface area contributed by atoms with Crippen molar-refractivity contribution in [1.29, 1.82) is 0 Å². The molecule has 0 fully saturated rings. The Morgan fingerprint density at radius 1 is 0.789 bits per heavy atom. The molecule has 0 aliphatic heterocycles. The summed E-state index contributed by atoms with van der Waals surface area (Å²) < 4.78 is 60.0. The number of halogens is 3. The molecule has 100 valence electrons. The number of hydrogen-bond donors (Lipinski definition) is 0. The van der Waals surface area contributed by atoms with Crippen molar-refractivity contribution >= 4 is 7.91 Å². The van der Waals surface area contributed by atoms with Crippen LogP contribution in [0.5, 0.6) is 11.5 Å². The van der Waals surface area contributed by atoms with Crippen molar-refractivity contribution in [2.75, 3.05) is 0 Å². The Balaban J connectivity index is 2.18. The van der Waals surface area contributed by atoms with Crippen LogP contribution in [0.25, 0.3) is 0 Å². The summed E-state index contributed by atoms with van der Waals surface area (Å²) in [6.07, 6.45) is 0. The highest BCUT2D eigenvalue weighted by Gasteiger charge is 2.30. The summed E-state index contributed by atoms with van der Waals surface area (Å²) in [4.78, 5) is 0. The first-order chi connectivity index (χ1) is 8.98. The zero-order valence-electron chi connectivity index (χ0n) is 9.42. The van der Waals surface area contributed by atoms with Crippen LogP contribution in [0, 0.1) is 11.6 Å². The van der Waals surface area contributed by atoms with Crippen molar-refractivity contribution in [3.05, 3.63) is 60.2 Å². The van der Waals surface area contributed by atoms with E-state index < -0.39 is 31.0 Å². The monoisotopic (exact) mass is 288 g/mol. The Bertz CT molecular complexity index is 582. The second kappa shape index (κ2) is 5.36. The van der Waals surface area contributed by atoms with Gasteiger partial charge in [-0.3, -0.25) is 0 Å². The second-order valence-corrected chi connectivity index (χ2v) is 4.70. The smallest absolute Gasteiger partial charge is 0.389 e. The summed E-state index contributed by atoms with van der Waals surface area (Å²) in [5.41, 5.74) is 0. The molecule has 2 aromatic rings. The molecule has 19 heavy (non-hydrogen) atoms. The van der Waals surface area contributed by atoms with E-state index >= 15 is 0 Å². The molecule has 0 N–H and O–H groups in total. The Labute approximate surface area is 107 Å². The van der Waals surface area contributed by atoms with Gasteiger partial charge in [-0.2, -0.15) is 0 Å². The van der Waals surface area contributed by atoms with Crippen molar-refractivity contribution in [2.24, 2.45) is 0 Å². The van der Waals surface area contributed by atoms with Crippen LogP contribution in [0.4, 0.5) is 13.0 Å². The van der Waals surface area contributed by atoms with E-state index in [1.54, 1.807) is 0 Å². The molecule has 0 amide bonds. The number of para-hydroxylation sites is 2. The standard InChI is InChI=1S/C12H8F3O3P/c13-9-5-1-3-7-11(9)17-19(15,16)18-12-8-4-2-6-10(12)14/h1-8H. The third-order valence-corrected chi connectivity index (χ3v) is 2.92. The van der Waals surface area contributed by atoms with Gasteiger partial charge >= 0.3 is 7.91 Å². The molecule has 0 spiro atoms. The van der Waals surface area contributed by atoms with E-state index in [4.69, 9.17) is 0 Å². The lowest BCUT2D eigenvalue weighted by Gasteiger charge is -2.12. The minimum atomic E-state index is -5.17. The van der Waals surface area contributed by atoms with Crippen LogP contribution in [0.15, 0.2) is 48.5 Å². The maximum absolute atomic E-state index is 13.6. The van der Waals surface area contributed by atoms with Crippen LogP contribution in [0.2, 0.25) is 0 Å². The second-order valence-electron chi connectivity index (χ2n) is 3.47. The first-order valence-electron chi connectivity index (χ1n) is 5.16. The van der Waals surface area contributed by atoms with Crippen LogP contribution in [0.1, 0.15) is 0 Å². The minimum Gasteiger partial charge on any atom is -0.389 e. The third kappa shape index (κ3) is 3.51. The van der Waals surface area contributed by atoms with Gasteiger partial charge in [0.05, 0.1) is 0 Å². The highest BCUT2D eigenvalue weighted by atomic mass is 31.2. The normalized spacial score (nSPS) is 11.1. The fourth-order valence-corrected chi connectivity index (χ4v) is 2.09. The Morgan fingerprint density at radius 3 is 1.53 bits per heavy atom. The van der Waals surface area contributed by atoms with Gasteiger partial charge in [0, 0.05) is 0 Å². The summed E-state index contributed by atoms with van der Waals surface area (Å²) in [5, 5.41) is 0. The van der Waals surface area contributed by atoms with E-state index in [9.17, 15) is 17.5 Å². The number of rotatable bonds is 4. The SMILES string of the molecule is O=P(F)(Oc1ccccc1F)Oc1ccccc1F. The lowest BCUT2D eigenvalue weighted by atomic mass is 10.3. The molecular weight excluding hydrogens is 280 g/mol. The zero-order chi connectivity index (χ0) is 13.9. The Kier molecular flexibility index (Phi) is 3.81. The van der Waals surface area contributed by atoms with Crippen LogP contribution in [0.3, 0.4) is 0 Å². The lowest BCUT2D eigenvalue weighted by Crippen LogP contribution is -1.99. The molecule has 0 atom stereocenters. The van der Waals surface area contributed by atoms with Crippen molar-refractivity contribution in [3.63, 3.8) is 0 Å². The zero-order valence-corrected chi connectivity index (χ0v) is 10.3. The summed E-state index contributed by atoms with van der Waals surface area (Å²) in [5.74, 6) is -2.97. The van der Waals surface area contributed by atoms with Crippen molar-refractivity contribution in [3.8, 4) is 11.5 Å². The van der Waals surface area contributed by atoms with Gasteiger partial charge in [0.1, 0.15) is 0 Å². The van der Waals surface area contributed by atoms with E-state index in [-0.39, 0.29) is 0 Å². The summed E-state index contributed by atoms with van der Waals surface area (Å²) >= 11 is 0. The highest BCUT2D eigenvalue weighted by molar-refractivity contribution is 7.48.